The van der Waals surface area contributed by atoms with Gasteiger partial charge in [0.05, 0.1) is 0 Å². The first kappa shape index (κ1) is 16.5. The van der Waals surface area contributed by atoms with E-state index in [4.69, 9.17) is 0 Å². The summed E-state index contributed by atoms with van der Waals surface area (Å²) in [6, 6.07) is 30.4. The summed E-state index contributed by atoms with van der Waals surface area (Å²) < 4.78 is 0. The van der Waals surface area contributed by atoms with Gasteiger partial charge in [-0.3, -0.25) is 0 Å². The summed E-state index contributed by atoms with van der Waals surface area (Å²) >= 11 is 0. The predicted molar refractivity (Wildman–Crippen MR) is 111 cm³/mol. The molecule has 0 aromatic heterocycles. The van der Waals surface area contributed by atoms with Crippen molar-refractivity contribution in [1.29, 1.82) is 0 Å². The van der Waals surface area contributed by atoms with Crippen LogP contribution in [0.3, 0.4) is 0 Å². The first-order chi connectivity index (χ1) is 12.7. The molecule has 1 fully saturated rings. The Morgan fingerprint density at radius 3 is 1.54 bits per heavy atom. The van der Waals surface area contributed by atoms with Gasteiger partial charge in [-0.15, -0.1) is 0 Å². The second kappa shape index (κ2) is 7.12. The Labute approximate surface area is 156 Å². The van der Waals surface area contributed by atoms with Crippen molar-refractivity contribution >= 4 is 17.1 Å². The van der Waals surface area contributed by atoms with Crippen molar-refractivity contribution in [1.82, 2.24) is 0 Å². The van der Waals surface area contributed by atoms with Crippen LogP contribution in [-0.4, -0.2) is 27.2 Å². The van der Waals surface area contributed by atoms with Crippen LogP contribution in [0.1, 0.15) is 11.7 Å². The average Bonchev–Trinajstić information content (AvgIpc) is 3.14. The van der Waals surface area contributed by atoms with Gasteiger partial charge in [0.2, 0.25) is 0 Å². The van der Waals surface area contributed by atoms with E-state index in [2.05, 4.69) is 114 Å². The lowest BCUT2D eigenvalue weighted by Crippen LogP contribution is -2.30. The van der Waals surface area contributed by atoms with Crippen molar-refractivity contribution in [2.75, 3.05) is 41.9 Å². The van der Waals surface area contributed by atoms with Gasteiger partial charge in [0.15, 0.2) is 0 Å². The molecule has 26 heavy (non-hydrogen) atoms. The number of para-hydroxylation sites is 2. The minimum absolute atomic E-state index is 0.205. The Hall–Kier alpha value is -2.94. The van der Waals surface area contributed by atoms with Crippen molar-refractivity contribution in [3.05, 3.63) is 90.5 Å². The predicted octanol–water partition coefficient (Wildman–Crippen LogP) is 4.78. The van der Waals surface area contributed by atoms with Crippen molar-refractivity contribution in [3.8, 4) is 0 Å². The highest BCUT2D eigenvalue weighted by molar-refractivity contribution is 5.59. The lowest BCUT2D eigenvalue weighted by molar-refractivity contribution is 0.717. The maximum absolute atomic E-state index is 2.50. The van der Waals surface area contributed by atoms with Gasteiger partial charge < -0.3 is 14.7 Å². The third-order valence-electron chi connectivity index (χ3n) is 5.06. The smallest absolute Gasteiger partial charge is 0.128 e. The fourth-order valence-electron chi connectivity index (χ4n) is 3.71. The fraction of sp³-hybridized carbons (Fsp3) is 0.217. The van der Waals surface area contributed by atoms with Crippen LogP contribution < -0.4 is 14.7 Å². The summed E-state index contributed by atoms with van der Waals surface area (Å²) in [6.45, 7) is 2.03. The molecule has 3 heteroatoms. The second-order valence-electron chi connectivity index (χ2n) is 6.92. The highest BCUT2D eigenvalue weighted by atomic mass is 15.4. The van der Waals surface area contributed by atoms with E-state index in [1.54, 1.807) is 0 Å². The third-order valence-corrected chi connectivity index (χ3v) is 5.06. The minimum Gasteiger partial charge on any atom is -0.378 e. The SMILES string of the molecule is CN(C)c1ccc(C2N(c3ccccc3)CCN2c2ccccc2)cc1. The number of anilines is 3. The Balaban J connectivity index is 1.74. The maximum Gasteiger partial charge on any atom is 0.128 e. The van der Waals surface area contributed by atoms with Gasteiger partial charge in [0.1, 0.15) is 6.17 Å². The van der Waals surface area contributed by atoms with Crippen LogP contribution >= 0.6 is 0 Å². The van der Waals surface area contributed by atoms with Crippen molar-refractivity contribution in [2.45, 2.75) is 6.17 Å². The van der Waals surface area contributed by atoms with E-state index in [0.29, 0.717) is 0 Å². The van der Waals surface area contributed by atoms with Gasteiger partial charge in [0.25, 0.3) is 0 Å². The van der Waals surface area contributed by atoms with Crippen LogP contribution in [0.5, 0.6) is 0 Å². The van der Waals surface area contributed by atoms with E-state index in [1.165, 1.54) is 22.6 Å². The Bertz CT molecular complexity index is 781. The molecule has 0 N–H and O–H groups in total. The quantitative estimate of drug-likeness (QED) is 0.675. The first-order valence-electron chi connectivity index (χ1n) is 9.15. The van der Waals surface area contributed by atoms with E-state index >= 15 is 0 Å². The number of benzene rings is 3. The number of hydrogen-bond donors (Lipinski definition) is 0. The molecule has 0 radical (unpaired) electrons. The van der Waals surface area contributed by atoms with Crippen LogP contribution in [0.25, 0.3) is 0 Å². The molecule has 0 unspecified atom stereocenters. The third kappa shape index (κ3) is 3.13. The van der Waals surface area contributed by atoms with Gasteiger partial charge in [-0.05, 0) is 42.0 Å². The van der Waals surface area contributed by atoms with Crippen molar-refractivity contribution in [2.24, 2.45) is 0 Å². The summed E-state index contributed by atoms with van der Waals surface area (Å²) in [5.41, 5.74) is 5.09. The van der Waals surface area contributed by atoms with E-state index < -0.39 is 0 Å². The molecule has 0 bridgehead atoms. The molecule has 132 valence electrons. The van der Waals surface area contributed by atoms with Gasteiger partial charge in [-0.2, -0.15) is 0 Å². The molecule has 3 aromatic rings. The highest BCUT2D eigenvalue weighted by Crippen LogP contribution is 2.37. The zero-order valence-electron chi connectivity index (χ0n) is 15.4. The lowest BCUT2D eigenvalue weighted by Gasteiger charge is -2.33. The van der Waals surface area contributed by atoms with Crippen LogP contribution in [0.2, 0.25) is 0 Å². The molecule has 3 nitrogen and oxygen atoms in total. The number of rotatable bonds is 4. The molecule has 0 atom stereocenters. The molecular formula is C23H25N3. The summed E-state index contributed by atoms with van der Waals surface area (Å²) in [5, 5.41) is 0. The van der Waals surface area contributed by atoms with Crippen LogP contribution in [0.4, 0.5) is 17.1 Å². The maximum atomic E-state index is 2.50. The number of hydrogen-bond acceptors (Lipinski definition) is 3. The molecular weight excluding hydrogens is 318 g/mol. The standard InChI is InChI=1S/C23H25N3/c1-24(2)20-15-13-19(14-16-20)23-25(21-9-5-3-6-10-21)17-18-26(23)22-11-7-4-8-12-22/h3-16,23H,17-18H2,1-2H3. The molecule has 1 aliphatic rings. The Kier molecular flexibility index (Phi) is 4.53. The fourth-order valence-corrected chi connectivity index (χ4v) is 3.71. The van der Waals surface area contributed by atoms with Gasteiger partial charge >= 0.3 is 0 Å². The van der Waals surface area contributed by atoms with Gasteiger partial charge in [-0.25, -0.2) is 0 Å². The molecule has 0 saturated carbocycles. The van der Waals surface area contributed by atoms with Gasteiger partial charge in [-0.1, -0.05) is 48.5 Å². The normalized spacial score (nSPS) is 14.7. The van der Waals surface area contributed by atoms with E-state index in [-0.39, 0.29) is 6.17 Å². The lowest BCUT2D eigenvalue weighted by atomic mass is 10.1. The van der Waals surface area contributed by atoms with E-state index in [1.807, 2.05) is 0 Å². The van der Waals surface area contributed by atoms with Crippen molar-refractivity contribution in [3.63, 3.8) is 0 Å². The van der Waals surface area contributed by atoms with Crippen molar-refractivity contribution < 1.29 is 0 Å². The largest absolute Gasteiger partial charge is 0.378 e. The van der Waals surface area contributed by atoms with Crippen LogP contribution in [0.15, 0.2) is 84.9 Å². The summed E-state index contributed by atoms with van der Waals surface area (Å²) in [5.74, 6) is 0. The Morgan fingerprint density at radius 1 is 0.654 bits per heavy atom. The van der Waals surface area contributed by atoms with E-state index in [9.17, 15) is 0 Å². The molecule has 1 heterocycles. The van der Waals surface area contributed by atoms with Crippen LogP contribution in [0, 0.1) is 0 Å². The average molecular weight is 343 g/mol. The Morgan fingerprint density at radius 2 is 1.12 bits per heavy atom. The van der Waals surface area contributed by atoms with Gasteiger partial charge in [0, 0.05) is 44.2 Å². The molecule has 4 rings (SSSR count). The monoisotopic (exact) mass is 343 g/mol. The summed E-state index contributed by atoms with van der Waals surface area (Å²) in [6.07, 6.45) is 0.205. The molecule has 3 aromatic carbocycles. The zero-order chi connectivity index (χ0) is 17.9. The molecule has 0 aliphatic carbocycles. The molecule has 1 saturated heterocycles. The number of nitrogens with zero attached hydrogens (tertiary/aromatic N) is 3. The molecule has 0 spiro atoms. The zero-order valence-corrected chi connectivity index (χ0v) is 15.4. The first-order valence-corrected chi connectivity index (χ1v) is 9.15. The van der Waals surface area contributed by atoms with E-state index in [0.717, 1.165) is 13.1 Å². The molecule has 0 amide bonds. The highest BCUT2D eigenvalue weighted by Gasteiger charge is 2.33. The molecule has 1 aliphatic heterocycles. The summed E-state index contributed by atoms with van der Waals surface area (Å²) in [7, 11) is 4.16. The van der Waals surface area contributed by atoms with Crippen LogP contribution in [-0.2, 0) is 0 Å². The second-order valence-corrected chi connectivity index (χ2v) is 6.92. The minimum atomic E-state index is 0.205. The summed E-state index contributed by atoms with van der Waals surface area (Å²) in [4.78, 5) is 7.14. The topological polar surface area (TPSA) is 9.72 Å².